The van der Waals surface area contributed by atoms with Gasteiger partial charge in [0.2, 0.25) is 0 Å². The predicted molar refractivity (Wildman–Crippen MR) is 256 cm³/mol. The van der Waals surface area contributed by atoms with E-state index in [1.165, 1.54) is 141 Å². The average Bonchev–Trinajstić information content (AvgIpc) is 3.24. The lowest BCUT2D eigenvalue weighted by Crippen LogP contribution is -2.30. The highest BCUT2D eigenvalue weighted by atomic mass is 16.6. The van der Waals surface area contributed by atoms with Gasteiger partial charge in [-0.2, -0.15) is 0 Å². The largest absolute Gasteiger partial charge is 0.462 e. The molecule has 0 fully saturated rings. The van der Waals surface area contributed by atoms with Crippen molar-refractivity contribution in [2.45, 2.75) is 277 Å². The standard InChI is InChI=1S/C54H98O6/c1-4-7-10-13-16-18-20-22-23-24-25-26-27-28-29-30-31-33-34-36-38-41-44-47-53(56)59-50-51(49-58-52(55)46-43-40-15-12-9-6-3)60-54(57)48-45-42-39-37-35-32-21-19-17-14-11-8-5-2/h11,14,19,21,24-25,51H,4-10,12-13,15-18,20,22-23,26-50H2,1-3H3/b14-11-,21-19-,25-24-. The third kappa shape index (κ3) is 46.7. The van der Waals surface area contributed by atoms with Crippen LogP contribution in [0.2, 0.25) is 0 Å². The topological polar surface area (TPSA) is 78.9 Å². The number of carbonyl (C=O) groups excluding carboxylic acids is 3. The molecule has 0 amide bonds. The van der Waals surface area contributed by atoms with Crippen LogP contribution in [0.15, 0.2) is 36.5 Å². The lowest BCUT2D eigenvalue weighted by atomic mass is 10.0. The summed E-state index contributed by atoms with van der Waals surface area (Å²) in [7, 11) is 0. The Morgan fingerprint density at radius 3 is 1.00 bits per heavy atom. The van der Waals surface area contributed by atoms with E-state index in [-0.39, 0.29) is 31.1 Å². The SMILES string of the molecule is CCC/C=C\C/C=C\CCCCCCCC(=O)OC(COC(=O)CCCCCCCC)COC(=O)CCCCCCCCCCCCC/C=C\CCCCCCCCCC. The molecule has 0 aliphatic heterocycles. The first-order chi connectivity index (χ1) is 29.5. The second kappa shape index (κ2) is 49.3. The van der Waals surface area contributed by atoms with Crippen molar-refractivity contribution in [3.05, 3.63) is 36.5 Å². The molecule has 60 heavy (non-hydrogen) atoms. The van der Waals surface area contributed by atoms with E-state index < -0.39 is 6.10 Å². The van der Waals surface area contributed by atoms with E-state index in [0.717, 1.165) is 89.9 Å². The molecule has 6 heteroatoms. The van der Waals surface area contributed by atoms with Crippen molar-refractivity contribution in [3.63, 3.8) is 0 Å². The van der Waals surface area contributed by atoms with Crippen molar-refractivity contribution in [1.82, 2.24) is 0 Å². The number of unbranched alkanes of at least 4 members (excludes halogenated alkanes) is 30. The van der Waals surface area contributed by atoms with E-state index in [2.05, 4.69) is 57.2 Å². The molecule has 0 saturated heterocycles. The first-order valence-corrected chi connectivity index (χ1v) is 26.0. The Kier molecular flexibility index (Phi) is 47.3. The highest BCUT2D eigenvalue weighted by Gasteiger charge is 2.19. The highest BCUT2D eigenvalue weighted by molar-refractivity contribution is 5.71. The van der Waals surface area contributed by atoms with E-state index in [0.29, 0.717) is 19.3 Å². The molecular weight excluding hydrogens is 745 g/mol. The van der Waals surface area contributed by atoms with Crippen LogP contribution in [0.4, 0.5) is 0 Å². The van der Waals surface area contributed by atoms with Crippen LogP contribution in [0, 0.1) is 0 Å². The van der Waals surface area contributed by atoms with Crippen LogP contribution < -0.4 is 0 Å². The first-order valence-electron chi connectivity index (χ1n) is 26.0. The molecular formula is C54H98O6. The molecule has 0 aliphatic carbocycles. The number of ether oxygens (including phenoxy) is 3. The first kappa shape index (κ1) is 57.6. The summed E-state index contributed by atoms with van der Waals surface area (Å²) in [6.07, 6.45) is 57.4. The zero-order valence-corrected chi connectivity index (χ0v) is 40.0. The Labute approximate surface area is 372 Å². The minimum atomic E-state index is -0.773. The van der Waals surface area contributed by atoms with Gasteiger partial charge >= 0.3 is 17.9 Å². The quantitative estimate of drug-likeness (QED) is 0.0263. The van der Waals surface area contributed by atoms with E-state index in [4.69, 9.17) is 14.2 Å². The summed E-state index contributed by atoms with van der Waals surface area (Å²) in [5.74, 6) is -0.895. The Balaban J connectivity index is 4.11. The van der Waals surface area contributed by atoms with Crippen molar-refractivity contribution >= 4 is 17.9 Å². The summed E-state index contributed by atoms with van der Waals surface area (Å²) < 4.78 is 16.7. The number of hydrogen-bond donors (Lipinski definition) is 0. The molecule has 0 heterocycles. The lowest BCUT2D eigenvalue weighted by Gasteiger charge is -2.18. The van der Waals surface area contributed by atoms with Gasteiger partial charge in [-0.15, -0.1) is 0 Å². The van der Waals surface area contributed by atoms with Gasteiger partial charge in [-0.3, -0.25) is 14.4 Å². The second-order valence-electron chi connectivity index (χ2n) is 17.4. The molecule has 0 saturated carbocycles. The van der Waals surface area contributed by atoms with Crippen LogP contribution in [0.5, 0.6) is 0 Å². The maximum atomic E-state index is 12.7. The van der Waals surface area contributed by atoms with Gasteiger partial charge in [0.25, 0.3) is 0 Å². The maximum absolute atomic E-state index is 12.7. The van der Waals surface area contributed by atoms with E-state index >= 15 is 0 Å². The Hall–Kier alpha value is -2.37. The highest BCUT2D eigenvalue weighted by Crippen LogP contribution is 2.15. The normalized spacial score (nSPS) is 12.2. The van der Waals surface area contributed by atoms with E-state index in [9.17, 15) is 14.4 Å². The zero-order valence-electron chi connectivity index (χ0n) is 40.0. The summed E-state index contributed by atoms with van der Waals surface area (Å²) in [5.41, 5.74) is 0. The monoisotopic (exact) mass is 843 g/mol. The van der Waals surface area contributed by atoms with Crippen molar-refractivity contribution in [3.8, 4) is 0 Å². The van der Waals surface area contributed by atoms with Gasteiger partial charge in [0.1, 0.15) is 13.2 Å². The predicted octanol–water partition coefficient (Wildman–Crippen LogP) is 16.9. The number of rotatable bonds is 47. The molecule has 0 N–H and O–H groups in total. The third-order valence-electron chi connectivity index (χ3n) is 11.3. The fraction of sp³-hybridized carbons (Fsp3) is 0.833. The maximum Gasteiger partial charge on any atom is 0.306 e. The smallest absolute Gasteiger partial charge is 0.306 e. The average molecular weight is 843 g/mol. The number of allylic oxidation sites excluding steroid dienone is 6. The minimum Gasteiger partial charge on any atom is -0.462 e. The zero-order chi connectivity index (χ0) is 43.7. The van der Waals surface area contributed by atoms with Gasteiger partial charge in [0.05, 0.1) is 0 Å². The van der Waals surface area contributed by atoms with Crippen LogP contribution in [0.1, 0.15) is 271 Å². The third-order valence-corrected chi connectivity index (χ3v) is 11.3. The van der Waals surface area contributed by atoms with Crippen LogP contribution >= 0.6 is 0 Å². The van der Waals surface area contributed by atoms with Crippen molar-refractivity contribution in [1.29, 1.82) is 0 Å². The molecule has 0 spiro atoms. The Bertz CT molecular complexity index is 1020. The van der Waals surface area contributed by atoms with Crippen molar-refractivity contribution < 1.29 is 28.6 Å². The Morgan fingerprint density at radius 1 is 0.333 bits per heavy atom. The second-order valence-corrected chi connectivity index (χ2v) is 17.4. The van der Waals surface area contributed by atoms with Crippen molar-refractivity contribution in [2.24, 2.45) is 0 Å². The van der Waals surface area contributed by atoms with Crippen molar-refractivity contribution in [2.75, 3.05) is 13.2 Å². The minimum absolute atomic E-state index is 0.0765. The number of hydrogen-bond acceptors (Lipinski definition) is 6. The molecule has 0 bridgehead atoms. The molecule has 6 nitrogen and oxygen atoms in total. The van der Waals surface area contributed by atoms with Crippen LogP contribution in [-0.4, -0.2) is 37.2 Å². The summed E-state index contributed by atoms with van der Waals surface area (Å²) in [6.45, 7) is 6.52. The molecule has 0 aliphatic rings. The molecule has 0 aromatic carbocycles. The molecule has 1 atom stereocenters. The summed E-state index contributed by atoms with van der Waals surface area (Å²) >= 11 is 0. The molecule has 0 aromatic heterocycles. The lowest BCUT2D eigenvalue weighted by molar-refractivity contribution is -0.167. The number of esters is 3. The summed E-state index contributed by atoms with van der Waals surface area (Å²) in [5, 5.41) is 0. The Morgan fingerprint density at radius 2 is 0.633 bits per heavy atom. The fourth-order valence-electron chi connectivity index (χ4n) is 7.42. The summed E-state index contributed by atoms with van der Waals surface area (Å²) in [4.78, 5) is 37.7. The molecule has 0 radical (unpaired) electrons. The molecule has 0 rings (SSSR count). The van der Waals surface area contributed by atoms with Gasteiger partial charge in [-0.25, -0.2) is 0 Å². The van der Waals surface area contributed by atoms with E-state index in [1.807, 2.05) is 0 Å². The fourth-order valence-corrected chi connectivity index (χ4v) is 7.42. The summed E-state index contributed by atoms with van der Waals surface area (Å²) in [6, 6.07) is 0. The van der Waals surface area contributed by atoms with Crippen LogP contribution in [0.3, 0.4) is 0 Å². The van der Waals surface area contributed by atoms with Gasteiger partial charge in [0.15, 0.2) is 6.10 Å². The molecule has 350 valence electrons. The van der Waals surface area contributed by atoms with Gasteiger partial charge in [-0.05, 0) is 70.6 Å². The van der Waals surface area contributed by atoms with Gasteiger partial charge in [0, 0.05) is 19.3 Å². The van der Waals surface area contributed by atoms with Gasteiger partial charge in [-0.1, -0.05) is 218 Å². The molecule has 1 unspecified atom stereocenters. The van der Waals surface area contributed by atoms with Crippen LogP contribution in [-0.2, 0) is 28.6 Å². The molecule has 0 aromatic rings. The number of carbonyl (C=O) groups is 3. The van der Waals surface area contributed by atoms with E-state index in [1.54, 1.807) is 0 Å². The van der Waals surface area contributed by atoms with Gasteiger partial charge < -0.3 is 14.2 Å². The van der Waals surface area contributed by atoms with Crippen LogP contribution in [0.25, 0.3) is 0 Å².